The number of rotatable bonds is 5. The Morgan fingerprint density at radius 3 is 2.71 bits per heavy atom. The minimum Gasteiger partial charge on any atom is -0.353 e. The average Bonchev–Trinajstić information content (AvgIpc) is 2.38. The van der Waals surface area contributed by atoms with Gasteiger partial charge in [-0.3, -0.25) is 14.6 Å². The highest BCUT2D eigenvalue weighted by molar-refractivity contribution is 7.84. The zero-order valence-electron chi connectivity index (χ0n) is 10.6. The van der Waals surface area contributed by atoms with Crippen LogP contribution in [0.1, 0.15) is 39.0 Å². The number of nitrogens with zero attached hydrogens (tertiary/aromatic N) is 1. The first-order valence-electron chi connectivity index (χ1n) is 6.38. The number of hydrogen-bond donors (Lipinski definition) is 3. The molecule has 1 unspecified atom stereocenters. The summed E-state index contributed by atoms with van der Waals surface area (Å²) >= 11 is 0. The molecule has 0 aromatic rings. The topological polar surface area (TPSA) is 79.5 Å². The Morgan fingerprint density at radius 2 is 2.12 bits per heavy atom. The van der Waals surface area contributed by atoms with Crippen molar-refractivity contribution >= 4 is 16.8 Å². The first-order valence-corrected chi connectivity index (χ1v) is 7.87. The van der Waals surface area contributed by atoms with Crippen molar-refractivity contribution in [2.45, 2.75) is 45.1 Å². The molecule has 0 saturated heterocycles. The third-order valence-corrected chi connectivity index (χ3v) is 4.28. The molecule has 0 heterocycles. The molecule has 0 aliphatic heterocycles. The molecule has 0 amide bonds. The second-order valence-corrected chi connectivity index (χ2v) is 6.15. The summed E-state index contributed by atoms with van der Waals surface area (Å²) in [6.45, 7) is 2.47. The zero-order valence-corrected chi connectivity index (χ0v) is 11.4. The largest absolute Gasteiger partial charge is 0.353 e. The van der Waals surface area contributed by atoms with Gasteiger partial charge in [0.25, 0.3) is 0 Å². The Morgan fingerprint density at radius 1 is 1.41 bits per heavy atom. The molecule has 1 rings (SSSR count). The van der Waals surface area contributed by atoms with E-state index in [4.69, 9.17) is 5.84 Å². The maximum atomic E-state index is 11.2. The van der Waals surface area contributed by atoms with Gasteiger partial charge in [0.15, 0.2) is 0 Å². The summed E-state index contributed by atoms with van der Waals surface area (Å²) in [6.07, 6.45) is 6.24. The van der Waals surface area contributed by atoms with Crippen molar-refractivity contribution in [2.24, 2.45) is 10.8 Å². The smallest absolute Gasteiger partial charge is 0.205 e. The van der Waals surface area contributed by atoms with Crippen LogP contribution < -0.4 is 16.6 Å². The number of hydrogen-bond acceptors (Lipinski definition) is 3. The van der Waals surface area contributed by atoms with Gasteiger partial charge in [-0.05, 0) is 12.8 Å². The van der Waals surface area contributed by atoms with Gasteiger partial charge < -0.3 is 5.32 Å². The minimum atomic E-state index is -0.756. The molecule has 1 aliphatic carbocycles. The Labute approximate surface area is 106 Å². The van der Waals surface area contributed by atoms with Gasteiger partial charge in [0.2, 0.25) is 5.96 Å². The number of aliphatic imine (C=N–C) groups is 1. The molecule has 0 spiro atoms. The molecule has 100 valence electrons. The molecule has 0 radical (unpaired) electrons. The van der Waals surface area contributed by atoms with E-state index in [1.807, 2.05) is 6.92 Å². The van der Waals surface area contributed by atoms with Gasteiger partial charge in [0, 0.05) is 28.3 Å². The number of nitrogens with one attached hydrogen (secondary N) is 2. The molecule has 1 aliphatic rings. The van der Waals surface area contributed by atoms with Crippen LogP contribution in [-0.4, -0.2) is 34.3 Å². The molecule has 0 aromatic heterocycles. The van der Waals surface area contributed by atoms with E-state index in [1.165, 1.54) is 32.1 Å². The molecule has 0 aromatic carbocycles. The zero-order chi connectivity index (χ0) is 12.5. The predicted molar refractivity (Wildman–Crippen MR) is 73.2 cm³/mol. The first-order chi connectivity index (χ1) is 8.26. The molecular formula is C11H24N4OS. The normalized spacial score (nSPS) is 20.0. The van der Waals surface area contributed by atoms with Crippen molar-refractivity contribution in [2.75, 3.05) is 18.1 Å². The van der Waals surface area contributed by atoms with Gasteiger partial charge in [0.1, 0.15) is 0 Å². The monoisotopic (exact) mass is 260 g/mol. The van der Waals surface area contributed by atoms with Gasteiger partial charge in [-0.1, -0.05) is 26.2 Å². The summed E-state index contributed by atoms with van der Waals surface area (Å²) in [5.74, 6) is 7.35. The highest BCUT2D eigenvalue weighted by atomic mass is 32.2. The SMILES string of the molecule is CCS(=O)CCN=C(NN)NC1CCCCC1. The van der Waals surface area contributed by atoms with E-state index in [9.17, 15) is 4.21 Å². The maximum absolute atomic E-state index is 11.2. The van der Waals surface area contributed by atoms with Crippen molar-refractivity contribution in [1.82, 2.24) is 10.7 Å². The predicted octanol–water partition coefficient (Wildman–Crippen LogP) is 0.497. The van der Waals surface area contributed by atoms with Gasteiger partial charge >= 0.3 is 0 Å². The summed E-state index contributed by atoms with van der Waals surface area (Å²) in [5.41, 5.74) is 2.58. The fourth-order valence-electron chi connectivity index (χ4n) is 1.98. The Hall–Kier alpha value is -0.620. The van der Waals surface area contributed by atoms with E-state index in [1.54, 1.807) is 0 Å². The van der Waals surface area contributed by atoms with E-state index in [2.05, 4.69) is 15.7 Å². The summed E-state index contributed by atoms with van der Waals surface area (Å²) in [5, 5.41) is 3.31. The third kappa shape index (κ3) is 6.02. The summed E-state index contributed by atoms with van der Waals surface area (Å²) in [6, 6.07) is 0.482. The lowest BCUT2D eigenvalue weighted by molar-refractivity contribution is 0.410. The van der Waals surface area contributed by atoms with Crippen LogP contribution >= 0.6 is 0 Å². The van der Waals surface area contributed by atoms with Crippen LogP contribution in [0.15, 0.2) is 4.99 Å². The molecular weight excluding hydrogens is 236 g/mol. The van der Waals surface area contributed by atoms with Gasteiger partial charge in [-0.15, -0.1) is 0 Å². The Balaban J connectivity index is 2.30. The van der Waals surface area contributed by atoms with Crippen molar-refractivity contribution in [3.05, 3.63) is 0 Å². The van der Waals surface area contributed by atoms with Crippen LogP contribution in [0.25, 0.3) is 0 Å². The quantitative estimate of drug-likeness (QED) is 0.291. The fourth-order valence-corrected chi connectivity index (χ4v) is 2.56. The second-order valence-electron chi connectivity index (χ2n) is 4.29. The van der Waals surface area contributed by atoms with Crippen LogP contribution in [0.4, 0.5) is 0 Å². The summed E-state index contributed by atoms with van der Waals surface area (Å²) < 4.78 is 11.2. The van der Waals surface area contributed by atoms with Crippen molar-refractivity contribution in [3.8, 4) is 0 Å². The van der Waals surface area contributed by atoms with E-state index < -0.39 is 10.8 Å². The third-order valence-electron chi connectivity index (χ3n) is 2.99. The average molecular weight is 260 g/mol. The standard InChI is InChI=1S/C11H24N4OS/c1-2-17(16)9-8-13-11(15-12)14-10-6-4-3-5-7-10/h10H,2-9,12H2,1H3,(H2,13,14,15). The molecule has 17 heavy (non-hydrogen) atoms. The Kier molecular flexibility index (Phi) is 7.19. The molecule has 1 fully saturated rings. The van der Waals surface area contributed by atoms with Gasteiger partial charge in [-0.25, -0.2) is 5.84 Å². The molecule has 1 atom stereocenters. The maximum Gasteiger partial charge on any atom is 0.205 e. The number of hydrazine groups is 1. The number of guanidine groups is 1. The van der Waals surface area contributed by atoms with Crippen LogP contribution in [0, 0.1) is 0 Å². The first kappa shape index (κ1) is 14.4. The highest BCUT2D eigenvalue weighted by Crippen LogP contribution is 2.16. The highest BCUT2D eigenvalue weighted by Gasteiger charge is 2.13. The van der Waals surface area contributed by atoms with Crippen LogP contribution in [0.3, 0.4) is 0 Å². The van der Waals surface area contributed by atoms with E-state index >= 15 is 0 Å². The lowest BCUT2D eigenvalue weighted by atomic mass is 9.96. The van der Waals surface area contributed by atoms with Crippen molar-refractivity contribution < 1.29 is 4.21 Å². The minimum absolute atomic E-state index is 0.482. The van der Waals surface area contributed by atoms with E-state index in [0.717, 1.165) is 0 Å². The van der Waals surface area contributed by atoms with E-state index in [0.29, 0.717) is 30.1 Å². The summed E-state index contributed by atoms with van der Waals surface area (Å²) in [7, 11) is -0.756. The van der Waals surface area contributed by atoms with Crippen LogP contribution in [0.2, 0.25) is 0 Å². The molecule has 0 bridgehead atoms. The molecule has 1 saturated carbocycles. The van der Waals surface area contributed by atoms with Crippen molar-refractivity contribution in [1.29, 1.82) is 0 Å². The summed E-state index contributed by atoms with van der Waals surface area (Å²) in [4.78, 5) is 4.30. The fraction of sp³-hybridized carbons (Fsp3) is 0.909. The number of nitrogens with two attached hydrogens (primary N) is 1. The Bertz CT molecular complexity index is 264. The molecule has 5 nitrogen and oxygen atoms in total. The molecule has 4 N–H and O–H groups in total. The van der Waals surface area contributed by atoms with Crippen LogP contribution in [0.5, 0.6) is 0 Å². The lowest BCUT2D eigenvalue weighted by Crippen LogP contribution is -2.47. The van der Waals surface area contributed by atoms with Crippen molar-refractivity contribution in [3.63, 3.8) is 0 Å². The lowest BCUT2D eigenvalue weighted by Gasteiger charge is -2.24. The van der Waals surface area contributed by atoms with Gasteiger partial charge in [-0.2, -0.15) is 0 Å². The van der Waals surface area contributed by atoms with Crippen LogP contribution in [-0.2, 0) is 10.8 Å². The molecule has 6 heteroatoms. The second kappa shape index (κ2) is 8.47. The van der Waals surface area contributed by atoms with E-state index in [-0.39, 0.29) is 0 Å². The van der Waals surface area contributed by atoms with Gasteiger partial charge in [0.05, 0.1) is 6.54 Å².